The van der Waals surface area contributed by atoms with Gasteiger partial charge < -0.3 is 26.9 Å². The van der Waals surface area contributed by atoms with Gasteiger partial charge in [0, 0.05) is 18.3 Å². The van der Waals surface area contributed by atoms with Crippen molar-refractivity contribution in [3.05, 3.63) is 71.1 Å². The van der Waals surface area contributed by atoms with Crippen molar-refractivity contribution < 1.29 is 9.53 Å². The Bertz CT molecular complexity index is 1070. The van der Waals surface area contributed by atoms with Crippen LogP contribution in [-0.2, 0) is 11.3 Å². The molecule has 1 aromatic carbocycles. The Labute approximate surface area is 193 Å². The van der Waals surface area contributed by atoms with Crippen LogP contribution in [0.4, 0.5) is 16.3 Å². The van der Waals surface area contributed by atoms with Crippen molar-refractivity contribution in [1.29, 1.82) is 0 Å². The lowest BCUT2D eigenvalue weighted by Crippen LogP contribution is -2.43. The van der Waals surface area contributed by atoms with Gasteiger partial charge in [0.2, 0.25) is 0 Å². The predicted molar refractivity (Wildman–Crippen MR) is 130 cm³/mol. The molecule has 2 aromatic rings. The Hall–Kier alpha value is -3.85. The van der Waals surface area contributed by atoms with Gasteiger partial charge in [0.1, 0.15) is 5.82 Å². The van der Waals surface area contributed by atoms with Gasteiger partial charge in [-0.05, 0) is 48.6 Å². The van der Waals surface area contributed by atoms with Gasteiger partial charge in [-0.25, -0.2) is 9.78 Å². The second-order valence-corrected chi connectivity index (χ2v) is 8.02. The summed E-state index contributed by atoms with van der Waals surface area (Å²) in [6.45, 7) is 1.11. The zero-order valence-corrected chi connectivity index (χ0v) is 18.3. The number of benzene rings is 1. The standard InChI is InChI=1S/C24H29N7O2/c25-12-18(14-28-26)17-11-21-19(27-13-17)9-10-23(29-21)31-24(32)30-20-7-4-8-22(20)33-15-16-5-2-1-3-6-16/h1-3,5-6,9-12,14,20,22,27H,4,7-8,13,15,25-26H2,(H2,29,30,31,32)/t20-,22-/m0/s1. The van der Waals surface area contributed by atoms with Crippen LogP contribution in [0.2, 0.25) is 0 Å². The van der Waals surface area contributed by atoms with E-state index in [2.05, 4.69) is 26.0 Å². The average Bonchev–Trinajstić information content (AvgIpc) is 3.28. The molecule has 1 aromatic heterocycles. The molecule has 2 atom stereocenters. The van der Waals surface area contributed by atoms with Gasteiger partial charge in [-0.1, -0.05) is 30.3 Å². The average molecular weight is 448 g/mol. The molecule has 2 amide bonds. The summed E-state index contributed by atoms with van der Waals surface area (Å²) in [6.07, 6.45) is 7.67. The molecule has 1 aliphatic carbocycles. The van der Waals surface area contributed by atoms with E-state index in [4.69, 9.17) is 16.3 Å². The van der Waals surface area contributed by atoms with Crippen LogP contribution in [0.15, 0.2) is 64.9 Å². The number of nitrogens with zero attached hydrogens (tertiary/aromatic N) is 2. The first-order valence-corrected chi connectivity index (χ1v) is 11.0. The molecule has 9 nitrogen and oxygen atoms in total. The van der Waals surface area contributed by atoms with E-state index in [1.807, 2.05) is 42.5 Å². The first-order valence-electron chi connectivity index (χ1n) is 11.0. The first kappa shape index (κ1) is 22.3. The first-order chi connectivity index (χ1) is 16.2. The normalized spacial score (nSPS) is 20.1. The molecule has 0 bridgehead atoms. The molecule has 172 valence electrons. The van der Waals surface area contributed by atoms with Crippen LogP contribution >= 0.6 is 0 Å². The highest BCUT2D eigenvalue weighted by Crippen LogP contribution is 2.27. The third kappa shape index (κ3) is 5.69. The Morgan fingerprint density at radius 2 is 2.09 bits per heavy atom. The summed E-state index contributed by atoms with van der Waals surface area (Å²) in [6, 6.07) is 13.4. The maximum Gasteiger partial charge on any atom is 0.320 e. The molecular formula is C24H29N7O2. The fourth-order valence-electron chi connectivity index (χ4n) is 4.10. The van der Waals surface area contributed by atoms with E-state index >= 15 is 0 Å². The highest BCUT2D eigenvalue weighted by atomic mass is 16.5. The number of nitrogens with one attached hydrogen (secondary N) is 3. The van der Waals surface area contributed by atoms with E-state index in [0.717, 1.165) is 36.1 Å². The number of anilines is 2. The summed E-state index contributed by atoms with van der Waals surface area (Å²) in [5, 5.41) is 12.7. The van der Waals surface area contributed by atoms with E-state index in [-0.39, 0.29) is 18.2 Å². The van der Waals surface area contributed by atoms with Crippen LogP contribution in [-0.4, -0.2) is 35.9 Å². The van der Waals surface area contributed by atoms with Crippen molar-refractivity contribution >= 4 is 29.8 Å². The van der Waals surface area contributed by atoms with Crippen molar-refractivity contribution in [2.75, 3.05) is 17.2 Å². The monoisotopic (exact) mass is 447 g/mol. The summed E-state index contributed by atoms with van der Waals surface area (Å²) < 4.78 is 6.08. The van der Waals surface area contributed by atoms with Crippen LogP contribution < -0.4 is 27.5 Å². The predicted octanol–water partition coefficient (Wildman–Crippen LogP) is 2.94. The molecule has 0 spiro atoms. The van der Waals surface area contributed by atoms with E-state index < -0.39 is 0 Å². The van der Waals surface area contributed by atoms with Crippen molar-refractivity contribution in [3.8, 4) is 0 Å². The minimum Gasteiger partial charge on any atom is -0.404 e. The van der Waals surface area contributed by atoms with Crippen molar-refractivity contribution in [2.45, 2.75) is 38.0 Å². The summed E-state index contributed by atoms with van der Waals surface area (Å²) in [7, 11) is 0. The van der Waals surface area contributed by atoms with Crippen LogP contribution in [0.3, 0.4) is 0 Å². The second-order valence-electron chi connectivity index (χ2n) is 8.02. The van der Waals surface area contributed by atoms with Crippen LogP contribution in [0.1, 0.15) is 30.5 Å². The number of hydrogen-bond donors (Lipinski definition) is 5. The molecule has 2 aliphatic rings. The lowest BCUT2D eigenvalue weighted by Gasteiger charge is -2.22. The minimum absolute atomic E-state index is 0.00665. The van der Waals surface area contributed by atoms with Gasteiger partial charge in [0.25, 0.3) is 0 Å². The summed E-state index contributed by atoms with van der Waals surface area (Å²) in [5.41, 5.74) is 9.97. The zero-order chi connectivity index (χ0) is 23.0. The number of urea groups is 1. The topological polar surface area (TPSA) is 140 Å². The molecule has 9 heteroatoms. The Morgan fingerprint density at radius 1 is 1.24 bits per heavy atom. The van der Waals surface area contributed by atoms with Crippen LogP contribution in [0, 0.1) is 0 Å². The number of hydrogen-bond acceptors (Lipinski definition) is 7. The number of aromatic nitrogens is 1. The number of carbonyl (C=O) groups is 1. The molecule has 1 aliphatic heterocycles. The molecule has 33 heavy (non-hydrogen) atoms. The molecule has 0 radical (unpaired) electrons. The molecule has 2 heterocycles. The fourth-order valence-corrected chi connectivity index (χ4v) is 4.10. The van der Waals surface area contributed by atoms with Gasteiger partial charge in [0.15, 0.2) is 0 Å². The quantitative estimate of drug-likeness (QED) is 0.251. The number of fused-ring (bicyclic) bond motifs is 1. The zero-order valence-electron chi connectivity index (χ0n) is 18.3. The fraction of sp³-hybridized carbons (Fsp3) is 0.292. The van der Waals surface area contributed by atoms with Gasteiger partial charge in [-0.2, -0.15) is 5.10 Å². The lowest BCUT2D eigenvalue weighted by atomic mass is 10.0. The van der Waals surface area contributed by atoms with Crippen molar-refractivity contribution in [3.63, 3.8) is 0 Å². The van der Waals surface area contributed by atoms with Gasteiger partial charge >= 0.3 is 6.03 Å². The van der Waals surface area contributed by atoms with Gasteiger partial charge in [0.05, 0.1) is 36.3 Å². The molecule has 1 saturated carbocycles. The summed E-state index contributed by atoms with van der Waals surface area (Å²) in [5.74, 6) is 5.71. The van der Waals surface area contributed by atoms with Gasteiger partial charge in [-0.3, -0.25) is 5.32 Å². The van der Waals surface area contributed by atoms with E-state index in [0.29, 0.717) is 30.2 Å². The number of rotatable bonds is 7. The maximum atomic E-state index is 12.7. The van der Waals surface area contributed by atoms with Crippen molar-refractivity contribution in [1.82, 2.24) is 10.3 Å². The number of carbonyl (C=O) groups excluding carboxylic acids is 1. The van der Waals surface area contributed by atoms with E-state index in [9.17, 15) is 4.79 Å². The molecular weight excluding hydrogens is 418 g/mol. The summed E-state index contributed by atoms with van der Waals surface area (Å²) in [4.78, 5) is 17.2. The number of ether oxygens (including phenoxy) is 1. The number of amides is 2. The largest absolute Gasteiger partial charge is 0.404 e. The number of nitrogens with two attached hydrogens (primary N) is 2. The third-order valence-electron chi connectivity index (χ3n) is 5.79. The molecule has 1 fully saturated rings. The maximum absolute atomic E-state index is 12.7. The smallest absolute Gasteiger partial charge is 0.320 e. The number of pyridine rings is 1. The lowest BCUT2D eigenvalue weighted by molar-refractivity contribution is 0.0305. The Balaban J connectivity index is 1.36. The van der Waals surface area contributed by atoms with Crippen LogP contribution in [0.5, 0.6) is 0 Å². The SMILES string of the molecule is NC=C(C=NN)C1=Cc2nc(NC(=O)N[C@H]3CCC[C@@H]3OCc3ccccc3)ccc2NC1. The van der Waals surface area contributed by atoms with E-state index in [1.165, 1.54) is 12.4 Å². The highest BCUT2D eigenvalue weighted by molar-refractivity contribution is 5.91. The summed E-state index contributed by atoms with van der Waals surface area (Å²) >= 11 is 0. The third-order valence-corrected chi connectivity index (χ3v) is 5.79. The Morgan fingerprint density at radius 3 is 2.88 bits per heavy atom. The number of hydrazone groups is 1. The molecule has 0 saturated heterocycles. The van der Waals surface area contributed by atoms with E-state index in [1.54, 1.807) is 6.07 Å². The highest BCUT2D eigenvalue weighted by Gasteiger charge is 2.29. The Kier molecular flexibility index (Phi) is 7.21. The molecule has 4 rings (SSSR count). The second kappa shape index (κ2) is 10.6. The minimum atomic E-state index is -0.298. The molecule has 7 N–H and O–H groups in total. The van der Waals surface area contributed by atoms with Crippen molar-refractivity contribution in [2.24, 2.45) is 16.7 Å². The van der Waals surface area contributed by atoms with Gasteiger partial charge in [-0.15, -0.1) is 0 Å². The molecule has 0 unspecified atom stereocenters. The van der Waals surface area contributed by atoms with Crippen LogP contribution in [0.25, 0.3) is 6.08 Å².